The highest BCUT2D eigenvalue weighted by Crippen LogP contribution is 2.28. The molecule has 1 aromatic rings. The number of rotatable bonds is 25. The van der Waals surface area contributed by atoms with E-state index in [2.05, 4.69) is 47.4 Å². The largest absolute Gasteiger partial charge is 0.508 e. The quantitative estimate of drug-likeness (QED) is 0.0445. The standard InChI is InChI=1S/C56H88N8O17S/c1-6-8-25-81-43(72)30-82-54-41(70)28-37(58-42(71)16-14-12-10-9-11-13-15-32(4)26-31(3)7-2)50(75)59-44(33(5)65)55(79)64-29-36(67)27-38(64)51(76)61-46(49(74)48(73)34-17-19-35(66)20-18-34)52(77)60-45(39(68)21-23-57)56(80)63-24-22-40(69)47(63)53(78)62-54/h17-20,31-33,36-41,44-49,54,65-70,73-74H,6-16,21-22,24-30H2,1-5H3,(H,58,71)(H,59,75)(H,60,77)(H,61,76)(H,62,78)/t31?,32?,33-,36-,37+,38+,39-,40+,41-,44+,45+,46+,47+,48+,49+,54-/m1/s1. The van der Waals surface area contributed by atoms with E-state index in [0.717, 1.165) is 67.4 Å². The summed E-state index contributed by atoms with van der Waals surface area (Å²) < 4.78 is 5.29. The molecule has 1 aromatic carbocycles. The van der Waals surface area contributed by atoms with Crippen LogP contribution in [0.15, 0.2) is 24.3 Å². The number of fused-ring (bicyclic) bond motifs is 2. The van der Waals surface area contributed by atoms with Crippen LogP contribution in [0, 0.1) is 23.2 Å². The summed E-state index contributed by atoms with van der Waals surface area (Å²) >= 11 is 0.639. The molecule has 3 saturated heterocycles. The monoisotopic (exact) mass is 1180 g/mol. The van der Waals surface area contributed by atoms with Gasteiger partial charge < -0.3 is 82.0 Å². The molecule has 2 unspecified atom stereocenters. The van der Waals surface area contributed by atoms with Crippen molar-refractivity contribution in [3.8, 4) is 11.8 Å². The average molecular weight is 1180 g/mol. The molecule has 13 N–H and O–H groups in total. The summed E-state index contributed by atoms with van der Waals surface area (Å²) in [5.41, 5.74) is -0.0987. The molecule has 7 amide bonds. The van der Waals surface area contributed by atoms with Crippen LogP contribution < -0.4 is 26.6 Å². The Morgan fingerprint density at radius 2 is 1.40 bits per heavy atom. The third-order valence-electron chi connectivity index (χ3n) is 15.3. The van der Waals surface area contributed by atoms with Gasteiger partial charge in [0.25, 0.3) is 0 Å². The first-order valence-corrected chi connectivity index (χ1v) is 29.8. The van der Waals surface area contributed by atoms with Gasteiger partial charge in [-0.3, -0.25) is 38.4 Å². The lowest BCUT2D eigenvalue weighted by Gasteiger charge is -2.34. The molecular weight excluding hydrogens is 1090 g/mol. The number of amides is 7. The topological polar surface area (TPSA) is 398 Å². The molecule has 16 atom stereocenters. The number of phenolic OH excluding ortho intramolecular Hbond substituents is 1. The number of phenols is 1. The Labute approximate surface area is 483 Å². The van der Waals surface area contributed by atoms with Crippen molar-refractivity contribution in [2.75, 3.05) is 25.4 Å². The first-order valence-electron chi connectivity index (χ1n) is 28.7. The number of hydrogen-bond acceptors (Lipinski definition) is 19. The number of carbonyl (C=O) groups is 8. The van der Waals surface area contributed by atoms with Crippen LogP contribution in [0.2, 0.25) is 0 Å². The zero-order chi connectivity index (χ0) is 60.8. The van der Waals surface area contributed by atoms with E-state index in [1.54, 1.807) is 6.07 Å². The number of esters is 1. The number of aromatic hydroxyl groups is 1. The van der Waals surface area contributed by atoms with Gasteiger partial charge in [-0.25, -0.2) is 0 Å². The Morgan fingerprint density at radius 1 is 0.768 bits per heavy atom. The summed E-state index contributed by atoms with van der Waals surface area (Å²) in [5.74, 6) is -8.28. The predicted octanol–water partition coefficient (Wildman–Crippen LogP) is -0.219. The minimum absolute atomic E-state index is 0.0471. The lowest BCUT2D eigenvalue weighted by atomic mass is 9.91. The zero-order valence-corrected chi connectivity index (χ0v) is 48.5. The highest BCUT2D eigenvalue weighted by molar-refractivity contribution is 8.00. The van der Waals surface area contributed by atoms with Crippen LogP contribution in [0.3, 0.4) is 0 Å². The van der Waals surface area contributed by atoms with Gasteiger partial charge in [0.1, 0.15) is 59.6 Å². The van der Waals surface area contributed by atoms with Gasteiger partial charge in [-0.15, -0.1) is 11.8 Å². The summed E-state index contributed by atoms with van der Waals surface area (Å²) in [6.07, 6.45) is -5.91. The van der Waals surface area contributed by atoms with Gasteiger partial charge in [0.05, 0.1) is 55.4 Å². The number of nitrogens with zero attached hydrogens (tertiary/aromatic N) is 3. The van der Waals surface area contributed by atoms with Gasteiger partial charge in [0.2, 0.25) is 41.4 Å². The van der Waals surface area contributed by atoms with Crippen LogP contribution in [0.25, 0.3) is 0 Å². The lowest BCUT2D eigenvalue weighted by Crippen LogP contribution is -2.64. The van der Waals surface area contributed by atoms with Crippen LogP contribution in [0.4, 0.5) is 0 Å². The second kappa shape index (κ2) is 34.2. The molecule has 26 heteroatoms. The number of ether oxygens (including phenoxy) is 1. The van der Waals surface area contributed by atoms with Crippen molar-refractivity contribution in [3.63, 3.8) is 0 Å². The van der Waals surface area contributed by atoms with E-state index in [1.165, 1.54) is 18.6 Å². The van der Waals surface area contributed by atoms with Crippen LogP contribution in [-0.4, -0.2) is 202 Å². The summed E-state index contributed by atoms with van der Waals surface area (Å²) in [6.45, 7) is 8.77. The molecule has 3 aliphatic rings. The smallest absolute Gasteiger partial charge is 0.315 e. The molecule has 0 aliphatic carbocycles. The Morgan fingerprint density at radius 3 is 2.05 bits per heavy atom. The third-order valence-corrected chi connectivity index (χ3v) is 16.5. The fourth-order valence-corrected chi connectivity index (χ4v) is 11.3. The number of benzene rings is 1. The van der Waals surface area contributed by atoms with Crippen molar-refractivity contribution >= 4 is 59.1 Å². The number of aliphatic hydroxyl groups excluding tert-OH is 7. The Bertz CT molecular complexity index is 2310. The number of unbranched alkanes of at least 4 members (excludes halogenated alkanes) is 6. The lowest BCUT2D eigenvalue weighted by molar-refractivity contribution is -0.148. The SMILES string of the molecule is CCCCOC(=O)CS[C@H]1NC(=O)[C@@H]2[C@@H](O)CCN2C(=O)[C@H]([C@H](O)CC#N)NC(=O)[C@H]([C@H](O)[C@@H](O)c2ccc(O)cc2)NC(=O)[C@@H]2C[C@@H](O)CN2C(=O)[C@H]([C@@H](C)O)NC(=O)[C@@H](NC(=O)CCCCCCCCC(C)CC(C)CC)C[C@H]1O. The molecular formula is C56H88N8O17S. The maximum atomic E-state index is 14.6. The van der Waals surface area contributed by atoms with Gasteiger partial charge in [0, 0.05) is 32.4 Å². The third kappa shape index (κ3) is 20.6. The number of hydrogen-bond donors (Lipinski definition) is 13. The molecule has 82 heavy (non-hydrogen) atoms. The summed E-state index contributed by atoms with van der Waals surface area (Å²) in [5, 5.41) is 110. The van der Waals surface area contributed by atoms with Gasteiger partial charge in [-0.1, -0.05) is 91.2 Å². The molecule has 0 bridgehead atoms. The van der Waals surface area contributed by atoms with Gasteiger partial charge in [0.15, 0.2) is 0 Å². The highest BCUT2D eigenvalue weighted by Gasteiger charge is 2.49. The summed E-state index contributed by atoms with van der Waals surface area (Å²) in [7, 11) is 0. The van der Waals surface area contributed by atoms with E-state index in [4.69, 9.17) is 4.74 Å². The van der Waals surface area contributed by atoms with E-state index < -0.39 is 170 Å². The van der Waals surface area contributed by atoms with E-state index >= 15 is 0 Å². The van der Waals surface area contributed by atoms with Crippen molar-refractivity contribution in [3.05, 3.63) is 29.8 Å². The predicted molar refractivity (Wildman–Crippen MR) is 298 cm³/mol. The van der Waals surface area contributed by atoms with Crippen LogP contribution >= 0.6 is 11.8 Å². The average Bonchev–Trinajstić information content (AvgIpc) is 4.05. The molecule has 4 rings (SSSR count). The van der Waals surface area contributed by atoms with Crippen molar-refractivity contribution in [2.24, 2.45) is 11.8 Å². The van der Waals surface area contributed by atoms with Crippen molar-refractivity contribution in [1.29, 1.82) is 5.26 Å². The number of aliphatic hydroxyl groups is 7. The molecule has 3 heterocycles. The first kappa shape index (κ1) is 68.8. The maximum absolute atomic E-state index is 14.6. The number of nitrogens with one attached hydrogen (secondary N) is 5. The molecule has 25 nitrogen and oxygen atoms in total. The minimum Gasteiger partial charge on any atom is -0.508 e. The maximum Gasteiger partial charge on any atom is 0.315 e. The molecule has 460 valence electrons. The van der Waals surface area contributed by atoms with Gasteiger partial charge >= 0.3 is 5.97 Å². The second-order valence-electron chi connectivity index (χ2n) is 22.1. The Kier molecular flexibility index (Phi) is 28.7. The minimum atomic E-state index is -2.34. The highest BCUT2D eigenvalue weighted by atomic mass is 32.2. The molecule has 0 spiro atoms. The van der Waals surface area contributed by atoms with Crippen molar-refractivity contribution in [1.82, 2.24) is 36.4 Å². The molecule has 3 aliphatic heterocycles. The van der Waals surface area contributed by atoms with E-state index in [-0.39, 0.29) is 30.8 Å². The van der Waals surface area contributed by atoms with E-state index in [1.807, 2.05) is 6.92 Å². The Balaban J connectivity index is 1.77. The molecule has 0 saturated carbocycles. The van der Waals surface area contributed by atoms with Crippen LogP contribution in [0.5, 0.6) is 5.75 Å². The fourth-order valence-electron chi connectivity index (χ4n) is 10.4. The van der Waals surface area contributed by atoms with E-state index in [0.29, 0.717) is 49.3 Å². The van der Waals surface area contributed by atoms with Gasteiger partial charge in [-0.05, 0) is 62.1 Å². The van der Waals surface area contributed by atoms with Gasteiger partial charge in [-0.2, -0.15) is 5.26 Å². The summed E-state index contributed by atoms with van der Waals surface area (Å²) in [6, 6.07) is -5.41. The first-order chi connectivity index (χ1) is 38.9. The number of nitriles is 1. The van der Waals surface area contributed by atoms with E-state index in [9.17, 15) is 84.5 Å². The normalized spacial score (nSPS) is 27.4. The van der Waals surface area contributed by atoms with Crippen molar-refractivity contribution in [2.45, 2.75) is 222 Å². The van der Waals surface area contributed by atoms with Crippen LogP contribution in [-0.2, 0) is 43.1 Å². The fraction of sp³-hybridized carbons (Fsp3) is 0.732. The molecule has 0 aromatic heterocycles. The zero-order valence-electron chi connectivity index (χ0n) is 47.7. The second-order valence-corrected chi connectivity index (χ2v) is 23.3. The number of carbonyl (C=O) groups excluding carboxylic acids is 8. The van der Waals surface area contributed by atoms with Crippen LogP contribution in [0.1, 0.15) is 149 Å². The summed E-state index contributed by atoms with van der Waals surface area (Å²) in [4.78, 5) is 115. The Hall–Kier alpha value is -5.66. The van der Waals surface area contributed by atoms with Crippen molar-refractivity contribution < 1.29 is 83.9 Å². The molecule has 0 radical (unpaired) electrons. The number of thioether (sulfide) groups is 1. The molecule has 3 fully saturated rings.